The Morgan fingerprint density at radius 3 is 2.13 bits per heavy atom. The van der Waals surface area contributed by atoms with Crippen molar-refractivity contribution in [2.45, 2.75) is 12.2 Å². The van der Waals surface area contributed by atoms with Crippen LogP contribution in [-0.2, 0) is 0 Å². The molecule has 0 aliphatic rings. The lowest BCUT2D eigenvalue weighted by atomic mass is 10.1. The number of halogens is 1. The molecule has 0 saturated heterocycles. The van der Waals surface area contributed by atoms with E-state index in [1.54, 1.807) is 12.1 Å². The highest BCUT2D eigenvalue weighted by Gasteiger charge is 2.16. The SMILES string of the molecule is CN(C)c1ccc(C(O)C(O)CCl)cc1. The van der Waals surface area contributed by atoms with Gasteiger partial charge in [0, 0.05) is 19.8 Å². The number of anilines is 1. The molecule has 2 atom stereocenters. The van der Waals surface area contributed by atoms with E-state index in [-0.39, 0.29) is 5.88 Å². The van der Waals surface area contributed by atoms with Crippen molar-refractivity contribution in [2.75, 3.05) is 24.9 Å². The highest BCUT2D eigenvalue weighted by Crippen LogP contribution is 2.20. The number of alkyl halides is 1. The Morgan fingerprint density at radius 2 is 1.73 bits per heavy atom. The third-order valence-electron chi connectivity index (χ3n) is 2.27. The van der Waals surface area contributed by atoms with Crippen LogP contribution in [0.15, 0.2) is 24.3 Å². The topological polar surface area (TPSA) is 43.7 Å². The summed E-state index contributed by atoms with van der Waals surface area (Å²) in [4.78, 5) is 1.97. The summed E-state index contributed by atoms with van der Waals surface area (Å²) in [6, 6.07) is 7.35. The van der Waals surface area contributed by atoms with Gasteiger partial charge in [-0.05, 0) is 17.7 Å². The second kappa shape index (κ2) is 5.35. The molecule has 0 saturated carbocycles. The summed E-state index contributed by atoms with van der Waals surface area (Å²) in [6.45, 7) is 0. The number of hydrogen-bond acceptors (Lipinski definition) is 3. The molecular formula is C11H16ClNO2. The predicted octanol–water partition coefficient (Wildman–Crippen LogP) is 1.39. The minimum atomic E-state index is -0.920. The lowest BCUT2D eigenvalue weighted by Crippen LogP contribution is -2.19. The molecule has 0 amide bonds. The van der Waals surface area contributed by atoms with Gasteiger partial charge in [-0.2, -0.15) is 0 Å². The second-order valence-corrected chi connectivity index (χ2v) is 3.96. The number of aliphatic hydroxyl groups excluding tert-OH is 2. The molecule has 0 heterocycles. The number of benzene rings is 1. The van der Waals surface area contributed by atoms with E-state index in [2.05, 4.69) is 0 Å². The molecule has 1 rings (SSSR count). The van der Waals surface area contributed by atoms with Gasteiger partial charge in [-0.25, -0.2) is 0 Å². The van der Waals surface area contributed by atoms with Gasteiger partial charge in [-0.15, -0.1) is 11.6 Å². The van der Waals surface area contributed by atoms with Crippen molar-refractivity contribution in [3.05, 3.63) is 29.8 Å². The van der Waals surface area contributed by atoms with Crippen molar-refractivity contribution in [2.24, 2.45) is 0 Å². The van der Waals surface area contributed by atoms with Gasteiger partial charge in [0.15, 0.2) is 0 Å². The van der Waals surface area contributed by atoms with Crippen LogP contribution in [-0.4, -0.2) is 36.3 Å². The zero-order valence-electron chi connectivity index (χ0n) is 8.89. The Hall–Kier alpha value is -0.770. The zero-order valence-corrected chi connectivity index (χ0v) is 9.65. The third-order valence-corrected chi connectivity index (χ3v) is 2.59. The van der Waals surface area contributed by atoms with Gasteiger partial charge in [-0.1, -0.05) is 12.1 Å². The maximum atomic E-state index is 9.67. The summed E-state index contributed by atoms with van der Waals surface area (Å²) in [7, 11) is 3.89. The van der Waals surface area contributed by atoms with Gasteiger partial charge in [0.05, 0.1) is 12.0 Å². The smallest absolute Gasteiger partial charge is 0.106 e. The van der Waals surface area contributed by atoms with Crippen molar-refractivity contribution in [1.29, 1.82) is 0 Å². The van der Waals surface area contributed by atoms with Gasteiger partial charge in [0.25, 0.3) is 0 Å². The average Bonchev–Trinajstić information content (AvgIpc) is 2.27. The summed E-state index contributed by atoms with van der Waals surface area (Å²) < 4.78 is 0. The van der Waals surface area contributed by atoms with Gasteiger partial charge in [0.1, 0.15) is 6.10 Å². The third kappa shape index (κ3) is 3.09. The van der Waals surface area contributed by atoms with Crippen molar-refractivity contribution in [1.82, 2.24) is 0 Å². The average molecular weight is 230 g/mol. The van der Waals surface area contributed by atoms with Crippen LogP contribution >= 0.6 is 11.6 Å². The molecule has 0 aromatic heterocycles. The monoisotopic (exact) mass is 229 g/mol. The molecule has 1 aromatic rings. The number of nitrogens with zero attached hydrogens (tertiary/aromatic N) is 1. The van der Waals surface area contributed by atoms with Crippen molar-refractivity contribution >= 4 is 17.3 Å². The largest absolute Gasteiger partial charge is 0.389 e. The predicted molar refractivity (Wildman–Crippen MR) is 62.5 cm³/mol. The van der Waals surface area contributed by atoms with Crippen LogP contribution < -0.4 is 4.90 Å². The van der Waals surface area contributed by atoms with E-state index in [0.717, 1.165) is 5.69 Å². The van der Waals surface area contributed by atoms with E-state index in [4.69, 9.17) is 11.6 Å². The van der Waals surface area contributed by atoms with Crippen LogP contribution in [0.3, 0.4) is 0 Å². The van der Waals surface area contributed by atoms with Gasteiger partial charge < -0.3 is 15.1 Å². The van der Waals surface area contributed by atoms with E-state index in [1.807, 2.05) is 31.1 Å². The van der Waals surface area contributed by atoms with Crippen LogP contribution in [0, 0.1) is 0 Å². The molecule has 84 valence electrons. The quantitative estimate of drug-likeness (QED) is 0.767. The standard InChI is InChI=1S/C11H16ClNO2/c1-13(2)9-5-3-8(4-6-9)11(15)10(14)7-12/h3-6,10-11,14-15H,7H2,1-2H3. The number of aliphatic hydroxyl groups is 2. The fourth-order valence-corrected chi connectivity index (χ4v) is 1.44. The molecule has 0 aliphatic heterocycles. The van der Waals surface area contributed by atoms with Gasteiger partial charge in [0.2, 0.25) is 0 Å². The second-order valence-electron chi connectivity index (χ2n) is 3.65. The molecule has 2 N–H and O–H groups in total. The first kappa shape index (κ1) is 12.3. The van der Waals surface area contributed by atoms with E-state index in [0.29, 0.717) is 5.56 Å². The van der Waals surface area contributed by atoms with E-state index in [1.165, 1.54) is 0 Å². The van der Waals surface area contributed by atoms with Gasteiger partial charge in [-0.3, -0.25) is 0 Å². The first-order chi connectivity index (χ1) is 7.06. The number of rotatable bonds is 4. The lowest BCUT2D eigenvalue weighted by molar-refractivity contribution is 0.0327. The Morgan fingerprint density at radius 1 is 1.20 bits per heavy atom. The Balaban J connectivity index is 2.79. The Kier molecular flexibility index (Phi) is 4.39. The molecule has 0 spiro atoms. The minimum Gasteiger partial charge on any atom is -0.389 e. The molecule has 0 fully saturated rings. The normalized spacial score (nSPS) is 14.7. The molecule has 0 bridgehead atoms. The van der Waals surface area contributed by atoms with Crippen LogP contribution in [0.1, 0.15) is 11.7 Å². The first-order valence-corrected chi connectivity index (χ1v) is 5.29. The van der Waals surface area contributed by atoms with Crippen LogP contribution in [0.2, 0.25) is 0 Å². The minimum absolute atomic E-state index is 0.0244. The Labute approximate surface area is 94.9 Å². The zero-order chi connectivity index (χ0) is 11.4. The fourth-order valence-electron chi connectivity index (χ4n) is 1.28. The molecule has 3 nitrogen and oxygen atoms in total. The summed E-state index contributed by atoms with van der Waals surface area (Å²) in [5.41, 5.74) is 1.72. The summed E-state index contributed by atoms with van der Waals surface area (Å²) in [6.07, 6.45) is -1.84. The molecule has 0 radical (unpaired) electrons. The molecule has 1 aromatic carbocycles. The highest BCUT2D eigenvalue weighted by atomic mass is 35.5. The summed E-state index contributed by atoms with van der Waals surface area (Å²) >= 11 is 5.46. The fraction of sp³-hybridized carbons (Fsp3) is 0.455. The number of hydrogen-bond donors (Lipinski definition) is 2. The van der Waals surface area contributed by atoms with Crippen LogP contribution in [0.5, 0.6) is 0 Å². The Bertz CT molecular complexity index is 300. The maximum absolute atomic E-state index is 9.67. The van der Waals surface area contributed by atoms with Crippen molar-refractivity contribution in [3.63, 3.8) is 0 Å². The maximum Gasteiger partial charge on any atom is 0.106 e. The molecule has 0 aliphatic carbocycles. The molecule has 2 unspecified atom stereocenters. The summed E-state index contributed by atoms with van der Waals surface area (Å²) in [5.74, 6) is 0.0244. The highest BCUT2D eigenvalue weighted by molar-refractivity contribution is 6.18. The molecular weight excluding hydrogens is 214 g/mol. The van der Waals surface area contributed by atoms with Crippen LogP contribution in [0.4, 0.5) is 5.69 Å². The van der Waals surface area contributed by atoms with Crippen LogP contribution in [0.25, 0.3) is 0 Å². The van der Waals surface area contributed by atoms with Gasteiger partial charge >= 0.3 is 0 Å². The van der Waals surface area contributed by atoms with Crippen molar-refractivity contribution < 1.29 is 10.2 Å². The molecule has 15 heavy (non-hydrogen) atoms. The van der Waals surface area contributed by atoms with E-state index in [9.17, 15) is 10.2 Å². The molecule has 4 heteroatoms. The summed E-state index contributed by atoms with van der Waals surface area (Å²) in [5, 5.41) is 19.0. The van der Waals surface area contributed by atoms with E-state index >= 15 is 0 Å². The van der Waals surface area contributed by atoms with Crippen molar-refractivity contribution in [3.8, 4) is 0 Å². The lowest BCUT2D eigenvalue weighted by Gasteiger charge is -2.17. The van der Waals surface area contributed by atoms with E-state index < -0.39 is 12.2 Å². The first-order valence-electron chi connectivity index (χ1n) is 4.75.